The number of benzene rings is 2. The molecule has 3 rings (SSSR count). The van der Waals surface area contributed by atoms with Crippen molar-refractivity contribution < 1.29 is 23.0 Å². The molecule has 2 aromatic carbocycles. The fourth-order valence-corrected chi connectivity index (χ4v) is 3.76. The average Bonchev–Trinajstić information content (AvgIpc) is 2.67. The van der Waals surface area contributed by atoms with Crippen molar-refractivity contribution in [3.05, 3.63) is 65.2 Å². The first-order valence-corrected chi connectivity index (χ1v) is 10.1. The maximum Gasteiger partial charge on any atom is 0.387 e. The number of nitrogens with one attached hydrogen (secondary N) is 1. The van der Waals surface area contributed by atoms with Crippen LogP contribution < -0.4 is 10.1 Å². The normalized spacial score (nSPS) is 20.7. The van der Waals surface area contributed by atoms with Crippen LogP contribution in [-0.2, 0) is 11.3 Å². The van der Waals surface area contributed by atoms with Crippen LogP contribution in [0.3, 0.4) is 0 Å². The van der Waals surface area contributed by atoms with E-state index >= 15 is 0 Å². The second-order valence-corrected chi connectivity index (χ2v) is 7.79. The summed E-state index contributed by atoms with van der Waals surface area (Å²) in [6, 6.07) is 13.5. The van der Waals surface area contributed by atoms with Gasteiger partial charge in [0.15, 0.2) is 0 Å². The molecule has 162 valence electrons. The largest absolute Gasteiger partial charge is 0.435 e. The molecule has 0 spiro atoms. The van der Waals surface area contributed by atoms with Gasteiger partial charge in [0.1, 0.15) is 5.75 Å². The molecule has 2 aromatic rings. The summed E-state index contributed by atoms with van der Waals surface area (Å²) < 4.78 is 35.0. The van der Waals surface area contributed by atoms with Crippen LogP contribution in [-0.4, -0.2) is 42.7 Å². The van der Waals surface area contributed by atoms with E-state index in [4.69, 9.17) is 4.74 Å². The SMILES string of the molecule is CC1CN(Cc2ccc(C(=O)NC(C)c3cccc(OC(F)F)c3)cc2)CC(C)O1. The Morgan fingerprint density at radius 1 is 1.17 bits per heavy atom. The molecule has 5 nitrogen and oxygen atoms in total. The van der Waals surface area contributed by atoms with Crippen LogP contribution in [0.5, 0.6) is 5.75 Å². The van der Waals surface area contributed by atoms with Gasteiger partial charge < -0.3 is 14.8 Å². The summed E-state index contributed by atoms with van der Waals surface area (Å²) in [6.45, 7) is 5.66. The molecular formula is C23H28F2N2O3. The number of carbonyl (C=O) groups is 1. The molecule has 1 amide bonds. The third-order valence-corrected chi connectivity index (χ3v) is 5.05. The molecule has 1 fully saturated rings. The van der Waals surface area contributed by atoms with E-state index in [0.717, 1.165) is 25.2 Å². The Hall–Kier alpha value is -2.51. The number of morpholine rings is 1. The molecule has 0 saturated carbocycles. The van der Waals surface area contributed by atoms with Crippen molar-refractivity contribution in [1.29, 1.82) is 0 Å². The van der Waals surface area contributed by atoms with Gasteiger partial charge in [-0.1, -0.05) is 24.3 Å². The van der Waals surface area contributed by atoms with Crippen molar-refractivity contribution in [3.8, 4) is 5.75 Å². The number of carbonyl (C=O) groups excluding carboxylic acids is 1. The summed E-state index contributed by atoms with van der Waals surface area (Å²) in [5, 5.41) is 2.90. The lowest BCUT2D eigenvalue weighted by molar-refractivity contribution is -0.0704. The van der Waals surface area contributed by atoms with Gasteiger partial charge in [-0.15, -0.1) is 0 Å². The van der Waals surface area contributed by atoms with Gasteiger partial charge in [-0.25, -0.2) is 0 Å². The van der Waals surface area contributed by atoms with Gasteiger partial charge in [-0.05, 0) is 56.2 Å². The molecule has 1 saturated heterocycles. The Morgan fingerprint density at radius 3 is 2.47 bits per heavy atom. The highest BCUT2D eigenvalue weighted by Crippen LogP contribution is 2.21. The van der Waals surface area contributed by atoms with Crippen molar-refractivity contribution in [3.63, 3.8) is 0 Å². The van der Waals surface area contributed by atoms with Gasteiger partial charge in [-0.2, -0.15) is 8.78 Å². The lowest BCUT2D eigenvalue weighted by atomic mass is 10.1. The summed E-state index contributed by atoms with van der Waals surface area (Å²) in [4.78, 5) is 14.9. The zero-order valence-corrected chi connectivity index (χ0v) is 17.5. The van der Waals surface area contributed by atoms with E-state index in [0.29, 0.717) is 11.1 Å². The quantitative estimate of drug-likeness (QED) is 0.725. The molecule has 7 heteroatoms. The van der Waals surface area contributed by atoms with Crippen LogP contribution in [0.25, 0.3) is 0 Å². The van der Waals surface area contributed by atoms with E-state index in [1.165, 1.54) is 12.1 Å². The molecule has 0 radical (unpaired) electrons. The Bertz CT molecular complexity index is 835. The maximum absolute atomic E-state index is 12.6. The van der Waals surface area contributed by atoms with Crippen LogP contribution >= 0.6 is 0 Å². The standard InChI is InChI=1S/C23H28F2N2O3/c1-15-12-27(13-16(2)29-15)14-18-7-9-19(10-8-18)22(28)26-17(3)20-5-4-6-21(11-20)30-23(24)25/h4-11,15-17,23H,12-14H2,1-3H3,(H,26,28). The van der Waals surface area contributed by atoms with Gasteiger partial charge in [0.25, 0.3) is 5.91 Å². The van der Waals surface area contributed by atoms with E-state index in [2.05, 4.69) is 28.8 Å². The molecule has 0 aliphatic carbocycles. The van der Waals surface area contributed by atoms with Crippen molar-refractivity contribution in [2.24, 2.45) is 0 Å². The molecule has 1 heterocycles. The Morgan fingerprint density at radius 2 is 1.83 bits per heavy atom. The highest BCUT2D eigenvalue weighted by molar-refractivity contribution is 5.94. The molecule has 1 aliphatic rings. The first-order valence-electron chi connectivity index (χ1n) is 10.1. The van der Waals surface area contributed by atoms with Gasteiger partial charge >= 0.3 is 6.61 Å². The first-order chi connectivity index (χ1) is 14.3. The summed E-state index contributed by atoms with van der Waals surface area (Å²) in [7, 11) is 0. The van der Waals surface area contributed by atoms with Gasteiger partial charge in [0, 0.05) is 25.2 Å². The van der Waals surface area contributed by atoms with Gasteiger partial charge in [0.05, 0.1) is 18.2 Å². The third kappa shape index (κ3) is 6.24. The summed E-state index contributed by atoms with van der Waals surface area (Å²) in [5.74, 6) is -0.150. The zero-order chi connectivity index (χ0) is 21.7. The Labute approximate surface area is 176 Å². The second kappa shape index (κ2) is 10.00. The monoisotopic (exact) mass is 418 g/mol. The smallest absolute Gasteiger partial charge is 0.387 e. The van der Waals surface area contributed by atoms with E-state index in [1.54, 1.807) is 31.2 Å². The number of rotatable bonds is 7. The fourth-order valence-electron chi connectivity index (χ4n) is 3.76. The predicted molar refractivity (Wildman–Crippen MR) is 111 cm³/mol. The van der Waals surface area contributed by atoms with Crippen LogP contribution in [0.2, 0.25) is 0 Å². The van der Waals surface area contributed by atoms with Crippen LogP contribution in [0.4, 0.5) is 8.78 Å². The van der Waals surface area contributed by atoms with Gasteiger partial charge in [0.2, 0.25) is 0 Å². The van der Waals surface area contributed by atoms with Crippen LogP contribution in [0, 0.1) is 0 Å². The minimum Gasteiger partial charge on any atom is -0.435 e. The van der Waals surface area contributed by atoms with Crippen LogP contribution in [0.1, 0.15) is 48.3 Å². The molecular weight excluding hydrogens is 390 g/mol. The topological polar surface area (TPSA) is 50.8 Å². The molecule has 3 atom stereocenters. The molecule has 1 N–H and O–H groups in total. The minimum atomic E-state index is -2.88. The van der Waals surface area contributed by atoms with Crippen molar-refractivity contribution in [1.82, 2.24) is 10.2 Å². The number of amides is 1. The molecule has 0 aromatic heterocycles. The third-order valence-electron chi connectivity index (χ3n) is 5.05. The number of ether oxygens (including phenoxy) is 2. The lowest BCUT2D eigenvalue weighted by Crippen LogP contribution is -2.44. The highest BCUT2D eigenvalue weighted by atomic mass is 19.3. The van der Waals surface area contributed by atoms with E-state index in [9.17, 15) is 13.6 Å². The molecule has 0 bridgehead atoms. The summed E-state index contributed by atoms with van der Waals surface area (Å²) in [6.07, 6.45) is 0.426. The first kappa shape index (κ1) is 22.2. The fraction of sp³-hybridized carbons (Fsp3) is 0.435. The van der Waals surface area contributed by atoms with Crippen LogP contribution in [0.15, 0.2) is 48.5 Å². The number of nitrogens with zero attached hydrogens (tertiary/aromatic N) is 1. The molecule has 3 unspecified atom stereocenters. The Balaban J connectivity index is 1.58. The lowest BCUT2D eigenvalue weighted by Gasteiger charge is -2.35. The van der Waals surface area contributed by atoms with E-state index in [1.807, 2.05) is 12.1 Å². The molecule has 30 heavy (non-hydrogen) atoms. The van der Waals surface area contributed by atoms with E-state index < -0.39 is 6.61 Å². The number of hydrogen-bond donors (Lipinski definition) is 1. The molecule has 1 aliphatic heterocycles. The minimum absolute atomic E-state index is 0.0692. The van der Waals surface area contributed by atoms with Gasteiger partial charge in [-0.3, -0.25) is 9.69 Å². The predicted octanol–water partition coefficient (Wildman–Crippen LogP) is 4.39. The van der Waals surface area contributed by atoms with Crippen molar-refractivity contribution >= 4 is 5.91 Å². The average molecular weight is 418 g/mol. The number of alkyl halides is 2. The summed E-state index contributed by atoms with van der Waals surface area (Å²) >= 11 is 0. The van der Waals surface area contributed by atoms with Crippen molar-refractivity contribution in [2.45, 2.75) is 52.2 Å². The Kier molecular flexibility index (Phi) is 7.39. The maximum atomic E-state index is 12.6. The highest BCUT2D eigenvalue weighted by Gasteiger charge is 2.22. The zero-order valence-electron chi connectivity index (χ0n) is 17.5. The van der Waals surface area contributed by atoms with Crippen molar-refractivity contribution in [2.75, 3.05) is 13.1 Å². The second-order valence-electron chi connectivity index (χ2n) is 7.79. The number of halogens is 2. The number of hydrogen-bond acceptors (Lipinski definition) is 4. The summed E-state index contributed by atoms with van der Waals surface area (Å²) in [5.41, 5.74) is 2.38. The van der Waals surface area contributed by atoms with E-state index in [-0.39, 0.29) is 29.9 Å².